The minimum absolute atomic E-state index is 0.163. The van der Waals surface area contributed by atoms with Gasteiger partial charge in [0.25, 0.3) is 10.0 Å². The molecule has 2 fully saturated rings. The van der Waals surface area contributed by atoms with E-state index in [4.69, 9.17) is 0 Å². The molecule has 1 amide bonds. The molecular weight excluding hydrogens is 555 g/mol. The fourth-order valence-corrected chi connectivity index (χ4v) is 8.52. The second-order valence-electron chi connectivity index (χ2n) is 9.93. The number of thiophene rings is 1. The molecule has 14 heteroatoms. The molecule has 1 saturated carbocycles. The van der Waals surface area contributed by atoms with Gasteiger partial charge in [-0.15, -0.1) is 15.7 Å². The fraction of sp³-hybridized carbons (Fsp3) is 0.458. The summed E-state index contributed by atoms with van der Waals surface area (Å²) in [6.45, 7) is 1.55. The molecule has 3 aliphatic rings. The van der Waals surface area contributed by atoms with Crippen LogP contribution in [-0.4, -0.2) is 51.6 Å². The minimum atomic E-state index is -4.32. The highest BCUT2D eigenvalue weighted by molar-refractivity contribution is 7.91. The number of amidine groups is 1. The summed E-state index contributed by atoms with van der Waals surface area (Å²) < 4.78 is 69.4. The third-order valence-corrected chi connectivity index (χ3v) is 10.4. The summed E-state index contributed by atoms with van der Waals surface area (Å²) in [6, 6.07) is 4.28. The number of carbonyl (C=O) groups is 2. The number of hydrogen-bond acceptors (Lipinski definition) is 8. The van der Waals surface area contributed by atoms with Crippen LogP contribution in [0.4, 0.5) is 9.39 Å². The van der Waals surface area contributed by atoms with Gasteiger partial charge in [0.1, 0.15) is 21.5 Å². The van der Waals surface area contributed by atoms with Crippen LogP contribution in [0.3, 0.4) is 0 Å². The summed E-state index contributed by atoms with van der Waals surface area (Å²) in [5.41, 5.74) is 1.37. The molecule has 3 heterocycles. The molecule has 0 radical (unpaired) electrons. The van der Waals surface area contributed by atoms with Crippen molar-refractivity contribution in [2.24, 2.45) is 16.2 Å². The number of nitrogens with one attached hydrogen (secondary N) is 2. The van der Waals surface area contributed by atoms with Gasteiger partial charge >= 0.3 is 0 Å². The van der Waals surface area contributed by atoms with Crippen molar-refractivity contribution in [3.05, 3.63) is 46.1 Å². The van der Waals surface area contributed by atoms with Crippen molar-refractivity contribution in [2.45, 2.75) is 56.6 Å². The molecule has 0 spiro atoms. The van der Waals surface area contributed by atoms with Gasteiger partial charge in [0, 0.05) is 30.6 Å². The van der Waals surface area contributed by atoms with Crippen LogP contribution >= 0.6 is 11.3 Å². The second-order valence-corrected chi connectivity index (χ2v) is 14.2. The first kappa shape index (κ1) is 26.9. The smallest absolute Gasteiger partial charge is 0.287 e. The number of Topliss-reactive ketones (excluding diaryl/α,β-unsaturated/α-hetero) is 1. The van der Waals surface area contributed by atoms with Crippen molar-refractivity contribution in [1.29, 1.82) is 0 Å². The Morgan fingerprint density at radius 3 is 2.68 bits per heavy atom. The summed E-state index contributed by atoms with van der Waals surface area (Å²) in [6.07, 6.45) is 3.88. The lowest BCUT2D eigenvalue weighted by Gasteiger charge is -2.46. The van der Waals surface area contributed by atoms with Crippen LogP contribution in [-0.2, 0) is 42.7 Å². The van der Waals surface area contributed by atoms with E-state index in [0.29, 0.717) is 24.0 Å². The van der Waals surface area contributed by atoms with Crippen molar-refractivity contribution in [1.82, 2.24) is 9.62 Å². The van der Waals surface area contributed by atoms with E-state index in [2.05, 4.69) is 14.4 Å². The number of aryl methyl sites for hydroxylation is 1. The van der Waals surface area contributed by atoms with Gasteiger partial charge in [-0.05, 0) is 42.3 Å². The van der Waals surface area contributed by atoms with Gasteiger partial charge < -0.3 is 10.2 Å². The zero-order valence-corrected chi connectivity index (χ0v) is 23.2. The highest BCUT2D eigenvalue weighted by atomic mass is 32.2. The topological polar surface area (TPSA) is 142 Å². The summed E-state index contributed by atoms with van der Waals surface area (Å²) in [5, 5.41) is 4.56. The predicted octanol–water partition coefficient (Wildman–Crippen LogP) is 2.54. The van der Waals surface area contributed by atoms with E-state index in [1.807, 2.05) is 0 Å². The minimum Gasteiger partial charge on any atom is -0.334 e. The average molecular weight is 583 g/mol. The van der Waals surface area contributed by atoms with Crippen molar-refractivity contribution >= 4 is 53.9 Å². The molecule has 38 heavy (non-hydrogen) atoms. The number of sulfonamides is 2. The largest absolute Gasteiger partial charge is 0.334 e. The first-order valence-corrected chi connectivity index (χ1v) is 16.3. The Morgan fingerprint density at radius 2 is 1.97 bits per heavy atom. The normalized spacial score (nSPS) is 24.9. The molecule has 2 aliphatic heterocycles. The number of amides is 1. The Bertz CT molecular complexity index is 1570. The number of rotatable bonds is 6. The SMILES string of the molecule is Cc1cc(CN2C(=O)C(C3=NS(=O)(=O)c4c(CNS(C)(=O)=O)csc4N3)C(=O)C3CCCCC32)ccc1F. The quantitative estimate of drug-likeness (QED) is 0.499. The molecule has 1 aromatic heterocycles. The summed E-state index contributed by atoms with van der Waals surface area (Å²) in [7, 11) is -7.89. The molecule has 2 aromatic rings. The number of nitrogens with zero attached hydrogens (tertiary/aromatic N) is 2. The van der Waals surface area contributed by atoms with Crippen LogP contribution in [0.2, 0.25) is 0 Å². The highest BCUT2D eigenvalue weighted by Gasteiger charge is 2.51. The van der Waals surface area contributed by atoms with E-state index in [1.54, 1.807) is 24.0 Å². The van der Waals surface area contributed by atoms with Gasteiger partial charge in [-0.25, -0.2) is 17.5 Å². The van der Waals surface area contributed by atoms with Gasteiger partial charge in [0.2, 0.25) is 15.9 Å². The average Bonchev–Trinajstić information content (AvgIpc) is 3.26. The Labute approximate surface area is 224 Å². The van der Waals surface area contributed by atoms with Crippen molar-refractivity contribution < 1.29 is 30.8 Å². The lowest BCUT2D eigenvalue weighted by atomic mass is 9.73. The van der Waals surface area contributed by atoms with Crippen LogP contribution in [0.5, 0.6) is 0 Å². The molecule has 3 unspecified atom stereocenters. The maximum atomic E-state index is 13.8. The number of piperidine rings is 1. The van der Waals surface area contributed by atoms with E-state index in [9.17, 15) is 30.8 Å². The molecule has 1 aliphatic carbocycles. The zero-order chi connectivity index (χ0) is 27.4. The molecule has 0 bridgehead atoms. The third-order valence-electron chi connectivity index (χ3n) is 7.22. The van der Waals surface area contributed by atoms with Crippen LogP contribution < -0.4 is 10.0 Å². The van der Waals surface area contributed by atoms with Crippen molar-refractivity contribution in [2.75, 3.05) is 11.6 Å². The first-order chi connectivity index (χ1) is 17.9. The predicted molar refractivity (Wildman–Crippen MR) is 140 cm³/mol. The maximum absolute atomic E-state index is 13.8. The second kappa shape index (κ2) is 9.81. The number of anilines is 1. The first-order valence-electron chi connectivity index (χ1n) is 12.1. The van der Waals surface area contributed by atoms with Gasteiger partial charge in [-0.1, -0.05) is 25.0 Å². The number of hydrogen-bond donors (Lipinski definition) is 2. The lowest BCUT2D eigenvalue weighted by molar-refractivity contribution is -0.152. The molecule has 2 N–H and O–H groups in total. The fourth-order valence-electron chi connectivity index (χ4n) is 5.45. The molecular formula is C24H27FN4O6S3. The summed E-state index contributed by atoms with van der Waals surface area (Å²) >= 11 is 1.03. The van der Waals surface area contributed by atoms with E-state index in [1.165, 1.54) is 11.4 Å². The number of likely N-dealkylation sites (tertiary alicyclic amines) is 1. The standard InChI is InChI=1S/C24H27FN4O6S3/c1-13-9-14(7-8-17(13)25)11-29-18-6-4-3-5-16(18)20(30)19(24(29)31)22-27-23-21(38(34,35)28-22)15(12-36-23)10-26-37(2,32)33/h7-9,12,16,18-19,26H,3-6,10-11H2,1-2H3,(H,27,28). The molecule has 5 rings (SSSR count). The Morgan fingerprint density at radius 1 is 1.24 bits per heavy atom. The Hall–Kier alpha value is -2.68. The Balaban J connectivity index is 1.49. The lowest BCUT2D eigenvalue weighted by Crippen LogP contribution is -2.60. The maximum Gasteiger partial charge on any atom is 0.287 e. The molecule has 204 valence electrons. The van der Waals surface area contributed by atoms with Crippen molar-refractivity contribution in [3.8, 4) is 0 Å². The Kier molecular flexibility index (Phi) is 6.95. The van der Waals surface area contributed by atoms with E-state index in [0.717, 1.165) is 30.4 Å². The molecule has 10 nitrogen and oxygen atoms in total. The van der Waals surface area contributed by atoms with Gasteiger partial charge in [0.15, 0.2) is 11.7 Å². The number of ketones is 1. The van der Waals surface area contributed by atoms with E-state index < -0.39 is 37.8 Å². The number of carbonyl (C=O) groups excluding carboxylic acids is 2. The van der Waals surface area contributed by atoms with Crippen LogP contribution in [0.25, 0.3) is 0 Å². The van der Waals surface area contributed by atoms with Gasteiger partial charge in [-0.3, -0.25) is 9.59 Å². The van der Waals surface area contributed by atoms with Crippen LogP contribution in [0.1, 0.15) is 42.4 Å². The van der Waals surface area contributed by atoms with Gasteiger partial charge in [-0.2, -0.15) is 8.42 Å². The van der Waals surface area contributed by atoms with Crippen LogP contribution in [0, 0.1) is 24.6 Å². The van der Waals surface area contributed by atoms with Crippen LogP contribution in [0.15, 0.2) is 32.9 Å². The number of benzene rings is 1. The summed E-state index contributed by atoms with van der Waals surface area (Å²) in [4.78, 5) is 28.9. The monoisotopic (exact) mass is 582 g/mol. The number of halogens is 1. The van der Waals surface area contributed by atoms with Crippen molar-refractivity contribution in [3.63, 3.8) is 0 Å². The molecule has 1 saturated heterocycles. The van der Waals surface area contributed by atoms with E-state index in [-0.39, 0.29) is 52.0 Å². The third kappa shape index (κ3) is 5.01. The zero-order valence-electron chi connectivity index (χ0n) is 20.7. The highest BCUT2D eigenvalue weighted by Crippen LogP contribution is 2.41. The summed E-state index contributed by atoms with van der Waals surface area (Å²) in [5.74, 6) is -3.38. The molecule has 1 aromatic carbocycles. The number of fused-ring (bicyclic) bond motifs is 2. The molecule has 3 atom stereocenters. The van der Waals surface area contributed by atoms with Gasteiger partial charge in [0.05, 0.1) is 6.26 Å². The van der Waals surface area contributed by atoms with E-state index >= 15 is 0 Å².